The van der Waals surface area contributed by atoms with E-state index in [-0.39, 0.29) is 23.4 Å². The highest BCUT2D eigenvalue weighted by Gasteiger charge is 2.25. The van der Waals surface area contributed by atoms with E-state index in [4.69, 9.17) is 0 Å². The van der Waals surface area contributed by atoms with Crippen molar-refractivity contribution in [3.8, 4) is 0 Å². The first kappa shape index (κ1) is 15.6. The van der Waals surface area contributed by atoms with Gasteiger partial charge in [0.15, 0.2) is 5.13 Å². The first-order valence-corrected chi connectivity index (χ1v) is 8.54. The highest BCUT2D eigenvalue weighted by atomic mass is 32.1. The molecule has 2 N–H and O–H groups in total. The third-order valence-corrected chi connectivity index (χ3v) is 4.55. The van der Waals surface area contributed by atoms with Crippen LogP contribution in [0.2, 0.25) is 0 Å². The molecule has 0 spiro atoms. The fraction of sp³-hybridized carbons (Fsp3) is 0.500. The van der Waals surface area contributed by atoms with Crippen molar-refractivity contribution in [3.63, 3.8) is 0 Å². The summed E-state index contributed by atoms with van der Waals surface area (Å²) >= 11 is 1.36. The maximum Gasteiger partial charge on any atom is 0.353 e. The number of aromatic nitrogens is 3. The molecule has 0 unspecified atom stereocenters. The minimum Gasteiger partial charge on any atom is -0.361 e. The molecule has 0 aliphatic heterocycles. The van der Waals surface area contributed by atoms with Crippen molar-refractivity contribution in [3.05, 3.63) is 28.0 Å². The topological polar surface area (TPSA) is 106 Å². The van der Waals surface area contributed by atoms with Gasteiger partial charge in [0.1, 0.15) is 6.33 Å². The summed E-state index contributed by atoms with van der Waals surface area (Å²) in [5.74, 6) is 0.437. The third-order valence-electron chi connectivity index (χ3n) is 3.86. The molecule has 23 heavy (non-hydrogen) atoms. The highest BCUT2D eigenvalue weighted by molar-refractivity contribution is 7.13. The number of nitro groups is 1. The molecule has 2 heterocycles. The average Bonchev–Trinajstić information content (AvgIpc) is 2.90. The van der Waals surface area contributed by atoms with Crippen LogP contribution < -0.4 is 10.6 Å². The molecule has 1 aliphatic carbocycles. The van der Waals surface area contributed by atoms with Crippen molar-refractivity contribution in [1.82, 2.24) is 15.0 Å². The second-order valence-electron chi connectivity index (χ2n) is 5.47. The third kappa shape index (κ3) is 3.92. The van der Waals surface area contributed by atoms with Gasteiger partial charge in [0.2, 0.25) is 11.6 Å². The molecule has 2 aromatic rings. The van der Waals surface area contributed by atoms with Gasteiger partial charge in [0.25, 0.3) is 0 Å². The zero-order valence-corrected chi connectivity index (χ0v) is 13.4. The van der Waals surface area contributed by atoms with Gasteiger partial charge < -0.3 is 10.6 Å². The van der Waals surface area contributed by atoms with Crippen LogP contribution in [0.5, 0.6) is 0 Å². The van der Waals surface area contributed by atoms with Crippen molar-refractivity contribution in [2.45, 2.75) is 44.6 Å². The number of nitrogens with one attached hydrogen (secondary N) is 2. The highest BCUT2D eigenvalue weighted by Crippen LogP contribution is 2.33. The fourth-order valence-electron chi connectivity index (χ4n) is 2.75. The number of anilines is 3. The summed E-state index contributed by atoms with van der Waals surface area (Å²) in [4.78, 5) is 23.2. The first-order valence-electron chi connectivity index (χ1n) is 7.66. The summed E-state index contributed by atoms with van der Waals surface area (Å²) in [6, 6.07) is 0.221. The van der Waals surface area contributed by atoms with E-state index in [1.165, 1.54) is 30.5 Å². The Morgan fingerprint density at radius 2 is 1.87 bits per heavy atom. The molecule has 2 aromatic heterocycles. The van der Waals surface area contributed by atoms with Crippen LogP contribution in [0.1, 0.15) is 38.5 Å². The zero-order valence-electron chi connectivity index (χ0n) is 12.6. The summed E-state index contributed by atoms with van der Waals surface area (Å²) in [7, 11) is 0. The molecule has 0 atom stereocenters. The molecule has 1 saturated carbocycles. The SMILES string of the molecule is O=[N+]([O-])c1c(Nc2nccs2)ncnc1NC1CCCCCC1. The largest absolute Gasteiger partial charge is 0.361 e. The van der Waals surface area contributed by atoms with E-state index >= 15 is 0 Å². The predicted octanol–water partition coefficient (Wildman–Crippen LogP) is 3.72. The Kier molecular flexibility index (Phi) is 4.96. The van der Waals surface area contributed by atoms with Gasteiger partial charge in [-0.1, -0.05) is 25.7 Å². The Hall–Kier alpha value is -2.29. The molecule has 0 saturated heterocycles. The van der Waals surface area contributed by atoms with Crippen LogP contribution in [0.4, 0.5) is 22.5 Å². The van der Waals surface area contributed by atoms with E-state index < -0.39 is 4.92 Å². The lowest BCUT2D eigenvalue weighted by atomic mass is 10.1. The lowest BCUT2D eigenvalue weighted by Crippen LogP contribution is -2.20. The number of hydrogen-bond acceptors (Lipinski definition) is 8. The summed E-state index contributed by atoms with van der Waals surface area (Å²) < 4.78 is 0. The van der Waals surface area contributed by atoms with E-state index in [9.17, 15) is 10.1 Å². The zero-order chi connectivity index (χ0) is 16.1. The molecule has 1 aliphatic rings. The summed E-state index contributed by atoms with van der Waals surface area (Å²) in [5, 5.41) is 20.0. The minimum absolute atomic E-state index is 0.132. The number of nitrogens with zero attached hydrogens (tertiary/aromatic N) is 4. The van der Waals surface area contributed by atoms with E-state index in [1.54, 1.807) is 11.6 Å². The van der Waals surface area contributed by atoms with Crippen molar-refractivity contribution in [2.24, 2.45) is 0 Å². The van der Waals surface area contributed by atoms with Gasteiger partial charge >= 0.3 is 5.69 Å². The smallest absolute Gasteiger partial charge is 0.353 e. The summed E-state index contributed by atoms with van der Waals surface area (Å²) in [5.41, 5.74) is -0.132. The Bertz CT molecular complexity index is 655. The maximum absolute atomic E-state index is 11.5. The van der Waals surface area contributed by atoms with Gasteiger partial charge in [-0.15, -0.1) is 11.3 Å². The Balaban J connectivity index is 1.85. The van der Waals surface area contributed by atoms with Crippen molar-refractivity contribution < 1.29 is 4.92 Å². The Labute approximate surface area is 137 Å². The van der Waals surface area contributed by atoms with Gasteiger partial charge in [0, 0.05) is 17.6 Å². The van der Waals surface area contributed by atoms with Crippen LogP contribution in [0, 0.1) is 10.1 Å². The van der Waals surface area contributed by atoms with Gasteiger partial charge in [-0.2, -0.15) is 0 Å². The van der Waals surface area contributed by atoms with Gasteiger partial charge in [-0.05, 0) is 12.8 Å². The van der Waals surface area contributed by atoms with Crippen LogP contribution in [0.3, 0.4) is 0 Å². The van der Waals surface area contributed by atoms with Gasteiger partial charge in [-0.3, -0.25) is 10.1 Å². The van der Waals surface area contributed by atoms with Crippen molar-refractivity contribution in [1.29, 1.82) is 0 Å². The molecule has 3 rings (SSSR count). The summed E-state index contributed by atoms with van der Waals surface area (Å²) in [6.45, 7) is 0. The lowest BCUT2D eigenvalue weighted by molar-refractivity contribution is -0.383. The lowest BCUT2D eigenvalue weighted by Gasteiger charge is -2.17. The minimum atomic E-state index is -0.449. The van der Waals surface area contributed by atoms with Crippen molar-refractivity contribution in [2.75, 3.05) is 10.6 Å². The van der Waals surface area contributed by atoms with Gasteiger partial charge in [0.05, 0.1) is 4.92 Å². The second-order valence-corrected chi connectivity index (χ2v) is 6.37. The van der Waals surface area contributed by atoms with Crippen LogP contribution in [0.15, 0.2) is 17.9 Å². The Morgan fingerprint density at radius 3 is 2.52 bits per heavy atom. The molecular weight excluding hydrogens is 316 g/mol. The molecule has 122 valence electrons. The van der Waals surface area contributed by atoms with E-state index in [2.05, 4.69) is 25.6 Å². The molecule has 0 amide bonds. The van der Waals surface area contributed by atoms with E-state index in [1.807, 2.05) is 0 Å². The van der Waals surface area contributed by atoms with Crippen LogP contribution >= 0.6 is 11.3 Å². The van der Waals surface area contributed by atoms with Crippen LogP contribution in [0.25, 0.3) is 0 Å². The van der Waals surface area contributed by atoms with E-state index in [0.29, 0.717) is 5.13 Å². The second kappa shape index (κ2) is 7.32. The Morgan fingerprint density at radius 1 is 1.13 bits per heavy atom. The molecule has 0 bridgehead atoms. The van der Waals surface area contributed by atoms with Crippen molar-refractivity contribution >= 4 is 33.8 Å². The van der Waals surface area contributed by atoms with Gasteiger partial charge in [-0.25, -0.2) is 15.0 Å². The predicted molar refractivity (Wildman–Crippen MR) is 89.2 cm³/mol. The van der Waals surface area contributed by atoms with Crippen LogP contribution in [-0.4, -0.2) is 25.9 Å². The number of hydrogen-bond donors (Lipinski definition) is 2. The number of rotatable bonds is 5. The molecule has 1 fully saturated rings. The van der Waals surface area contributed by atoms with Crippen LogP contribution in [-0.2, 0) is 0 Å². The summed E-state index contributed by atoms with van der Waals surface area (Å²) in [6.07, 6.45) is 9.71. The average molecular weight is 334 g/mol. The molecule has 8 nitrogen and oxygen atoms in total. The first-order chi connectivity index (χ1) is 11.2. The molecule has 0 radical (unpaired) electrons. The normalized spacial score (nSPS) is 15.8. The molecule has 0 aromatic carbocycles. The molecule has 9 heteroatoms. The maximum atomic E-state index is 11.5. The fourth-order valence-corrected chi connectivity index (χ4v) is 3.28. The van der Waals surface area contributed by atoms with E-state index in [0.717, 1.165) is 25.7 Å². The quantitative estimate of drug-likeness (QED) is 0.487. The molecular formula is C14H18N6O2S. The number of thiazole rings is 1. The standard InChI is InChI=1S/C14H18N6O2S/c21-20(22)11-12(18-10-5-3-1-2-4-6-10)16-9-17-13(11)19-14-15-7-8-23-14/h7-10H,1-6H2,(H2,15,16,17,18,19). The monoisotopic (exact) mass is 334 g/mol.